The van der Waals surface area contributed by atoms with Crippen LogP contribution in [0.4, 0.5) is 5.69 Å². The quantitative estimate of drug-likeness (QED) is 0.845. The van der Waals surface area contributed by atoms with E-state index in [-0.39, 0.29) is 19.1 Å². The summed E-state index contributed by atoms with van der Waals surface area (Å²) < 4.78 is 23.2. The molecule has 0 aromatic heterocycles. The molecule has 1 N–H and O–H groups in total. The molecule has 1 unspecified atom stereocenters. The Hall–Kier alpha value is -0.810. The highest BCUT2D eigenvalue weighted by molar-refractivity contribution is 8.06. The normalized spacial score (nSPS) is 18.8. The summed E-state index contributed by atoms with van der Waals surface area (Å²) in [5.74, 6) is -0.339. The van der Waals surface area contributed by atoms with Crippen LogP contribution >= 0.6 is 19.4 Å². The predicted octanol–water partition coefficient (Wildman–Crippen LogP) is 3.32. The van der Waals surface area contributed by atoms with E-state index in [2.05, 4.69) is 5.32 Å². The van der Waals surface area contributed by atoms with Crippen molar-refractivity contribution in [3.05, 3.63) is 24.3 Å². The maximum atomic E-state index is 12.7. The number of carbonyl (C=O) groups is 1. The average molecular weight is 301 g/mol. The molecule has 1 aromatic carbocycles. The van der Waals surface area contributed by atoms with Crippen LogP contribution in [0.5, 0.6) is 0 Å². The van der Waals surface area contributed by atoms with Crippen LogP contribution in [0.25, 0.3) is 0 Å². The number of fused-ring (bicyclic) bond motifs is 1. The van der Waals surface area contributed by atoms with Gasteiger partial charge in [0.2, 0.25) is 5.91 Å². The fourth-order valence-corrected chi connectivity index (χ4v) is 5.23. The van der Waals surface area contributed by atoms with Crippen molar-refractivity contribution in [2.75, 3.05) is 18.5 Å². The van der Waals surface area contributed by atoms with Crippen molar-refractivity contribution in [2.45, 2.75) is 23.7 Å². The molecule has 0 saturated heterocycles. The zero-order chi connectivity index (χ0) is 13.9. The van der Waals surface area contributed by atoms with E-state index < -0.39 is 12.6 Å². The number of hydrogen-bond donors (Lipinski definition) is 1. The van der Waals surface area contributed by atoms with Crippen molar-refractivity contribution in [1.82, 2.24) is 0 Å². The number of hydrogen-bond acceptors (Lipinski definition) is 5. The van der Waals surface area contributed by atoms with Gasteiger partial charge >= 0.3 is 7.60 Å². The maximum Gasteiger partial charge on any atom is 0.353 e. The van der Waals surface area contributed by atoms with Gasteiger partial charge in [0.25, 0.3) is 0 Å². The minimum Gasteiger partial charge on any atom is -0.324 e. The number of para-hydroxylation sites is 1. The van der Waals surface area contributed by atoms with E-state index in [0.717, 1.165) is 10.6 Å². The third-order valence-electron chi connectivity index (χ3n) is 2.51. The van der Waals surface area contributed by atoms with Crippen LogP contribution in [-0.4, -0.2) is 24.1 Å². The lowest BCUT2D eigenvalue weighted by atomic mass is 10.3. The molecule has 1 aliphatic rings. The monoisotopic (exact) mass is 301 g/mol. The van der Waals surface area contributed by atoms with Crippen LogP contribution in [0.15, 0.2) is 29.2 Å². The van der Waals surface area contributed by atoms with Crippen LogP contribution in [-0.2, 0) is 18.4 Å². The Morgan fingerprint density at radius 1 is 1.26 bits per heavy atom. The number of benzene rings is 1. The van der Waals surface area contributed by atoms with Gasteiger partial charge in [-0.05, 0) is 26.0 Å². The summed E-state index contributed by atoms with van der Waals surface area (Å²) in [7, 11) is -3.46. The van der Waals surface area contributed by atoms with Crippen molar-refractivity contribution >= 4 is 31.0 Å². The lowest BCUT2D eigenvalue weighted by molar-refractivity contribution is -0.114. The molecule has 1 amide bonds. The third-order valence-corrected chi connectivity index (χ3v) is 6.70. The Balaban J connectivity index is 2.30. The van der Waals surface area contributed by atoms with E-state index in [1.54, 1.807) is 13.8 Å². The molecule has 5 nitrogen and oxygen atoms in total. The molecule has 0 bridgehead atoms. The zero-order valence-corrected chi connectivity index (χ0v) is 12.5. The zero-order valence-electron chi connectivity index (χ0n) is 10.8. The van der Waals surface area contributed by atoms with Crippen LogP contribution in [0.2, 0.25) is 0 Å². The van der Waals surface area contributed by atoms with E-state index in [4.69, 9.17) is 9.05 Å². The minimum atomic E-state index is -3.46. The second-order valence-corrected chi connectivity index (χ2v) is 7.44. The Labute approximate surface area is 116 Å². The van der Waals surface area contributed by atoms with E-state index >= 15 is 0 Å². The number of amides is 1. The van der Waals surface area contributed by atoms with Crippen molar-refractivity contribution in [3.8, 4) is 0 Å². The highest BCUT2D eigenvalue weighted by atomic mass is 32.2. The van der Waals surface area contributed by atoms with E-state index in [1.165, 1.54) is 11.8 Å². The Morgan fingerprint density at radius 2 is 1.89 bits per heavy atom. The number of nitrogens with one attached hydrogen (secondary N) is 1. The SMILES string of the molecule is CCOP(=O)(OCC)C1Sc2ccccc2NC1=O. The smallest absolute Gasteiger partial charge is 0.324 e. The van der Waals surface area contributed by atoms with Crippen LogP contribution in [0.3, 0.4) is 0 Å². The molecular weight excluding hydrogens is 285 g/mol. The lowest BCUT2D eigenvalue weighted by Gasteiger charge is -2.29. The van der Waals surface area contributed by atoms with Gasteiger partial charge in [0.15, 0.2) is 4.99 Å². The first-order valence-electron chi connectivity index (χ1n) is 6.06. The van der Waals surface area contributed by atoms with Gasteiger partial charge in [-0.25, -0.2) is 0 Å². The van der Waals surface area contributed by atoms with E-state index in [9.17, 15) is 9.36 Å². The second kappa shape index (κ2) is 6.09. The molecule has 104 valence electrons. The van der Waals surface area contributed by atoms with Crippen LogP contribution < -0.4 is 5.32 Å². The summed E-state index contributed by atoms with van der Waals surface area (Å²) in [5, 5.41) is 2.74. The minimum absolute atomic E-state index is 0.239. The van der Waals surface area contributed by atoms with Gasteiger partial charge < -0.3 is 14.4 Å². The fraction of sp³-hybridized carbons (Fsp3) is 0.417. The largest absolute Gasteiger partial charge is 0.353 e. The van der Waals surface area contributed by atoms with Gasteiger partial charge in [-0.1, -0.05) is 23.9 Å². The fourth-order valence-electron chi connectivity index (χ4n) is 1.78. The molecule has 19 heavy (non-hydrogen) atoms. The van der Waals surface area contributed by atoms with E-state index in [0.29, 0.717) is 0 Å². The molecule has 0 radical (unpaired) electrons. The number of carbonyl (C=O) groups excluding carboxylic acids is 1. The first kappa shape index (κ1) is 14.6. The van der Waals surface area contributed by atoms with Crippen LogP contribution in [0, 0.1) is 0 Å². The Morgan fingerprint density at radius 3 is 2.53 bits per heavy atom. The highest BCUT2D eigenvalue weighted by Gasteiger charge is 2.44. The predicted molar refractivity (Wildman–Crippen MR) is 75.6 cm³/mol. The lowest BCUT2D eigenvalue weighted by Crippen LogP contribution is -2.30. The summed E-state index contributed by atoms with van der Waals surface area (Å²) in [6.07, 6.45) is 0. The summed E-state index contributed by atoms with van der Waals surface area (Å²) in [6, 6.07) is 7.38. The third kappa shape index (κ3) is 3.03. The summed E-state index contributed by atoms with van der Waals surface area (Å²) in [5.41, 5.74) is 0.730. The van der Waals surface area contributed by atoms with Gasteiger partial charge in [-0.3, -0.25) is 9.36 Å². The summed E-state index contributed by atoms with van der Waals surface area (Å²) in [4.78, 5) is 12.1. The van der Waals surface area contributed by atoms with Crippen molar-refractivity contribution < 1.29 is 18.4 Å². The van der Waals surface area contributed by atoms with Gasteiger partial charge in [0, 0.05) is 4.90 Å². The number of thioether (sulfide) groups is 1. The summed E-state index contributed by atoms with van der Waals surface area (Å²) >= 11 is 1.23. The molecule has 7 heteroatoms. The van der Waals surface area contributed by atoms with Gasteiger partial charge in [0.05, 0.1) is 18.9 Å². The molecule has 0 saturated carbocycles. The molecule has 1 atom stereocenters. The summed E-state index contributed by atoms with van der Waals surface area (Å²) in [6.45, 7) is 3.93. The number of rotatable bonds is 5. The first-order chi connectivity index (χ1) is 9.10. The topological polar surface area (TPSA) is 64.6 Å². The molecule has 1 aliphatic heterocycles. The Kier molecular flexibility index (Phi) is 4.68. The van der Waals surface area contributed by atoms with Gasteiger partial charge in [-0.15, -0.1) is 0 Å². The maximum absolute atomic E-state index is 12.7. The molecule has 0 fully saturated rings. The van der Waals surface area contributed by atoms with Gasteiger partial charge in [0.1, 0.15) is 0 Å². The first-order valence-corrected chi connectivity index (χ1v) is 8.55. The number of anilines is 1. The van der Waals surface area contributed by atoms with Crippen LogP contribution in [0.1, 0.15) is 13.8 Å². The Bertz CT molecular complexity index is 512. The van der Waals surface area contributed by atoms with Gasteiger partial charge in [-0.2, -0.15) is 0 Å². The molecule has 0 aliphatic carbocycles. The standard InChI is InChI=1S/C12H16NO4PS/c1-3-16-18(15,17-4-2)12-11(14)13-9-7-5-6-8-10(9)19-12/h5-8,12H,3-4H2,1-2H3,(H,13,14). The second-order valence-electron chi connectivity index (χ2n) is 3.83. The van der Waals surface area contributed by atoms with Crippen molar-refractivity contribution in [3.63, 3.8) is 0 Å². The molecule has 1 aromatic rings. The molecule has 2 rings (SSSR count). The van der Waals surface area contributed by atoms with E-state index in [1.807, 2.05) is 24.3 Å². The molecule has 0 spiro atoms. The molecular formula is C12H16NO4PS. The van der Waals surface area contributed by atoms with Crippen molar-refractivity contribution in [1.29, 1.82) is 0 Å². The average Bonchev–Trinajstić information content (AvgIpc) is 2.38. The molecule has 1 heterocycles. The highest BCUT2D eigenvalue weighted by Crippen LogP contribution is 2.60. The van der Waals surface area contributed by atoms with Crippen molar-refractivity contribution in [2.24, 2.45) is 0 Å².